The van der Waals surface area contributed by atoms with Gasteiger partial charge in [0.25, 0.3) is 5.69 Å². The lowest BCUT2D eigenvalue weighted by molar-refractivity contribution is -0.384. The van der Waals surface area contributed by atoms with Gasteiger partial charge in [0.1, 0.15) is 5.69 Å². The summed E-state index contributed by atoms with van der Waals surface area (Å²) >= 11 is 0. The molecule has 1 aromatic carbocycles. The second-order valence-electron chi connectivity index (χ2n) is 6.70. The van der Waals surface area contributed by atoms with Gasteiger partial charge in [-0.15, -0.1) is 0 Å². The molecule has 1 aromatic heterocycles. The van der Waals surface area contributed by atoms with Crippen LogP contribution in [0.5, 0.6) is 0 Å². The first-order chi connectivity index (χ1) is 12.7. The number of benzene rings is 1. The first-order valence-corrected chi connectivity index (χ1v) is 10.3. The van der Waals surface area contributed by atoms with E-state index in [1.165, 1.54) is 18.3 Å². The fourth-order valence-corrected chi connectivity index (χ4v) is 4.03. The molecule has 3 rings (SSSR count). The molecule has 1 aliphatic heterocycles. The van der Waals surface area contributed by atoms with Crippen LogP contribution in [0.25, 0.3) is 0 Å². The lowest BCUT2D eigenvalue weighted by Gasteiger charge is -2.26. The van der Waals surface area contributed by atoms with Gasteiger partial charge in [-0.2, -0.15) is 5.10 Å². The predicted molar refractivity (Wildman–Crippen MR) is 98.7 cm³/mol. The Hall–Kier alpha value is -2.75. The Kier molecular flexibility index (Phi) is 5.01. The summed E-state index contributed by atoms with van der Waals surface area (Å²) in [6.45, 7) is 0.573. The van der Waals surface area contributed by atoms with Crippen LogP contribution in [-0.4, -0.2) is 47.7 Å². The average Bonchev–Trinajstić information content (AvgIpc) is 3.22. The molecule has 144 valence electrons. The van der Waals surface area contributed by atoms with Gasteiger partial charge in [0.2, 0.25) is 0 Å². The van der Waals surface area contributed by atoms with Gasteiger partial charge >= 0.3 is 0 Å². The second-order valence-corrected chi connectivity index (χ2v) is 8.71. The number of nitrogens with zero attached hydrogens (tertiary/aromatic N) is 4. The van der Waals surface area contributed by atoms with Gasteiger partial charge in [-0.05, 0) is 25.0 Å². The number of carbonyl (C=O) groups excluding carboxylic acids is 1. The Morgan fingerprint density at radius 1 is 1.41 bits per heavy atom. The number of rotatable bonds is 6. The maximum absolute atomic E-state index is 12.5. The molecule has 1 atom stereocenters. The van der Waals surface area contributed by atoms with Crippen molar-refractivity contribution in [2.45, 2.75) is 30.2 Å². The number of anilines is 1. The second kappa shape index (κ2) is 7.10. The Morgan fingerprint density at radius 2 is 2.15 bits per heavy atom. The Balaban J connectivity index is 1.90. The maximum atomic E-state index is 12.5. The molecule has 0 N–H and O–H groups in total. The average molecular weight is 392 g/mol. The lowest BCUT2D eigenvalue weighted by atomic mass is 10.0. The predicted octanol–water partition coefficient (Wildman–Crippen LogP) is 1.97. The number of nitro benzene ring substituents is 1. The molecule has 0 aliphatic carbocycles. The monoisotopic (exact) mass is 392 g/mol. The van der Waals surface area contributed by atoms with E-state index < -0.39 is 14.8 Å². The molecule has 1 saturated heterocycles. The van der Waals surface area contributed by atoms with E-state index >= 15 is 0 Å². The van der Waals surface area contributed by atoms with Crippen LogP contribution < -0.4 is 4.90 Å². The molecule has 2 heterocycles. The van der Waals surface area contributed by atoms with Crippen LogP contribution in [0.3, 0.4) is 0 Å². The summed E-state index contributed by atoms with van der Waals surface area (Å²) in [5.74, 6) is -0.0737. The number of ketones is 1. The number of sulfone groups is 1. The molecule has 0 bridgehead atoms. The minimum Gasteiger partial charge on any atom is -0.363 e. The summed E-state index contributed by atoms with van der Waals surface area (Å²) in [5, 5.41) is 15.5. The third kappa shape index (κ3) is 4.00. The maximum Gasteiger partial charge on any atom is 0.293 e. The van der Waals surface area contributed by atoms with Crippen molar-refractivity contribution in [3.05, 3.63) is 46.3 Å². The number of nitro groups is 1. The van der Waals surface area contributed by atoms with Gasteiger partial charge in [-0.1, -0.05) is 0 Å². The molecule has 10 heteroatoms. The molecule has 9 nitrogen and oxygen atoms in total. The van der Waals surface area contributed by atoms with Crippen molar-refractivity contribution in [1.29, 1.82) is 0 Å². The summed E-state index contributed by atoms with van der Waals surface area (Å²) in [6, 6.07) is 3.74. The minimum absolute atomic E-state index is 0.0737. The first-order valence-electron chi connectivity index (χ1n) is 8.44. The lowest BCUT2D eigenvalue weighted by Crippen LogP contribution is -2.31. The van der Waals surface area contributed by atoms with E-state index in [1.807, 2.05) is 4.90 Å². The highest BCUT2D eigenvalue weighted by atomic mass is 32.2. The smallest absolute Gasteiger partial charge is 0.293 e. The topological polar surface area (TPSA) is 115 Å². The largest absolute Gasteiger partial charge is 0.363 e. The zero-order valence-electron chi connectivity index (χ0n) is 15.0. The van der Waals surface area contributed by atoms with Gasteiger partial charge < -0.3 is 4.90 Å². The van der Waals surface area contributed by atoms with Crippen LogP contribution in [0.15, 0.2) is 35.5 Å². The van der Waals surface area contributed by atoms with Gasteiger partial charge in [-0.3, -0.25) is 19.6 Å². The van der Waals surface area contributed by atoms with Crippen LogP contribution in [0.2, 0.25) is 0 Å². The summed E-state index contributed by atoms with van der Waals surface area (Å²) in [5.41, 5.74) is 0.582. The zero-order valence-corrected chi connectivity index (χ0v) is 15.8. The van der Waals surface area contributed by atoms with E-state index in [2.05, 4.69) is 5.10 Å². The minimum atomic E-state index is -3.55. The van der Waals surface area contributed by atoms with Crippen molar-refractivity contribution in [3.63, 3.8) is 0 Å². The van der Waals surface area contributed by atoms with E-state index in [-0.39, 0.29) is 28.8 Å². The highest BCUT2D eigenvalue weighted by Gasteiger charge is 2.32. The number of Topliss-reactive ketones (excluding diaryl/α,β-unsaturated/α-hetero) is 1. The van der Waals surface area contributed by atoms with Gasteiger partial charge in [0.05, 0.1) is 21.6 Å². The van der Waals surface area contributed by atoms with Crippen molar-refractivity contribution < 1.29 is 18.1 Å². The fourth-order valence-electron chi connectivity index (χ4n) is 3.39. The van der Waals surface area contributed by atoms with Crippen molar-refractivity contribution in [3.8, 4) is 0 Å². The first kappa shape index (κ1) is 19.0. The van der Waals surface area contributed by atoms with E-state index in [4.69, 9.17) is 0 Å². The van der Waals surface area contributed by atoms with E-state index in [9.17, 15) is 23.3 Å². The van der Waals surface area contributed by atoms with Crippen LogP contribution in [-0.2, 0) is 16.9 Å². The van der Waals surface area contributed by atoms with E-state index in [0.717, 1.165) is 25.2 Å². The summed E-state index contributed by atoms with van der Waals surface area (Å²) in [7, 11) is -1.82. The molecule has 1 unspecified atom stereocenters. The molecule has 27 heavy (non-hydrogen) atoms. The Labute approximate surface area is 156 Å². The SMILES string of the molecule is Cn1cc(C(=O)CC2CCCN2c2ccc(S(C)(=O)=O)cc2[N+](=O)[O-])cn1. The number of carbonyl (C=O) groups is 1. The molecule has 0 saturated carbocycles. The molecule has 1 fully saturated rings. The van der Waals surface area contributed by atoms with Crippen LogP contribution in [0.1, 0.15) is 29.6 Å². The van der Waals surface area contributed by atoms with Gasteiger partial charge in [-0.25, -0.2) is 8.42 Å². The molecular weight excluding hydrogens is 372 g/mol. The molecule has 0 radical (unpaired) electrons. The number of aromatic nitrogens is 2. The quantitative estimate of drug-likeness (QED) is 0.419. The normalized spacial score (nSPS) is 17.3. The molecule has 0 amide bonds. The molecule has 0 spiro atoms. The molecular formula is C17H20N4O5S. The number of hydrogen-bond donors (Lipinski definition) is 0. The standard InChI is InChI=1S/C17H20N4O5S/c1-19-11-12(10-18-19)17(22)8-13-4-3-7-20(13)15-6-5-14(27(2,25)26)9-16(15)21(23)24/h5-6,9-11,13H,3-4,7-8H2,1-2H3. The number of aryl methyl sites for hydroxylation is 1. The highest BCUT2D eigenvalue weighted by Crippen LogP contribution is 2.36. The van der Waals surface area contributed by atoms with Gasteiger partial charge in [0, 0.05) is 44.6 Å². The van der Waals surface area contributed by atoms with Crippen molar-refractivity contribution in [1.82, 2.24) is 9.78 Å². The van der Waals surface area contributed by atoms with Crippen LogP contribution in [0.4, 0.5) is 11.4 Å². The highest BCUT2D eigenvalue weighted by molar-refractivity contribution is 7.90. The third-order valence-corrected chi connectivity index (χ3v) is 5.82. The third-order valence-electron chi connectivity index (χ3n) is 4.71. The van der Waals surface area contributed by atoms with Crippen molar-refractivity contribution in [2.75, 3.05) is 17.7 Å². The van der Waals surface area contributed by atoms with Crippen molar-refractivity contribution in [2.24, 2.45) is 7.05 Å². The summed E-state index contributed by atoms with van der Waals surface area (Å²) in [6.07, 6.45) is 5.91. The Bertz CT molecular complexity index is 999. The number of hydrogen-bond acceptors (Lipinski definition) is 7. The van der Waals surface area contributed by atoms with Crippen LogP contribution >= 0.6 is 0 Å². The fraction of sp³-hybridized carbons (Fsp3) is 0.412. The molecule has 2 aromatic rings. The van der Waals surface area contributed by atoms with Crippen molar-refractivity contribution >= 4 is 27.0 Å². The Morgan fingerprint density at radius 3 is 2.74 bits per heavy atom. The van der Waals surface area contributed by atoms with E-state index in [0.29, 0.717) is 17.8 Å². The van der Waals surface area contributed by atoms with Gasteiger partial charge in [0.15, 0.2) is 15.6 Å². The van der Waals surface area contributed by atoms with Crippen LogP contribution in [0, 0.1) is 10.1 Å². The summed E-state index contributed by atoms with van der Waals surface area (Å²) in [4.78, 5) is 25.2. The van der Waals surface area contributed by atoms with E-state index in [1.54, 1.807) is 17.9 Å². The molecule has 1 aliphatic rings. The zero-order chi connectivity index (χ0) is 19.8. The summed E-state index contributed by atoms with van der Waals surface area (Å²) < 4.78 is 25.0.